The monoisotopic (exact) mass is 596 g/mol. The first-order valence-corrected chi connectivity index (χ1v) is 16.7. The van der Waals surface area contributed by atoms with Crippen molar-refractivity contribution in [3.8, 4) is 0 Å². The molecule has 2 saturated carbocycles. The Labute approximate surface area is 254 Å². The molecule has 0 radical (unpaired) electrons. The molecule has 5 N–H and O–H groups in total. The minimum absolute atomic E-state index is 0.0117. The number of ether oxygens (including phenoxy) is 3. The maximum atomic E-state index is 12.3. The molecule has 9 nitrogen and oxygen atoms in total. The summed E-state index contributed by atoms with van der Waals surface area (Å²) in [7, 11) is 1.66. The van der Waals surface area contributed by atoms with Crippen LogP contribution in [0.4, 0.5) is 0 Å². The molecule has 0 bridgehead atoms. The van der Waals surface area contributed by atoms with Gasteiger partial charge < -0.3 is 35.5 Å². The van der Waals surface area contributed by atoms with Gasteiger partial charge in [0.1, 0.15) is 12.2 Å². The quantitative estimate of drug-likeness (QED) is 0.243. The van der Waals surface area contributed by atoms with Crippen LogP contribution in [0.25, 0.3) is 0 Å². The highest BCUT2D eigenvalue weighted by atomic mass is 16.6. The fraction of sp³-hybridized carbons (Fsp3) is 0.939. The van der Waals surface area contributed by atoms with Gasteiger partial charge in [-0.3, -0.25) is 9.59 Å². The minimum atomic E-state index is -0.496. The van der Waals surface area contributed by atoms with Gasteiger partial charge in [0.05, 0.1) is 24.5 Å². The van der Waals surface area contributed by atoms with Crippen LogP contribution in [-0.2, 0) is 23.8 Å². The lowest BCUT2D eigenvalue weighted by Gasteiger charge is -2.45. The van der Waals surface area contributed by atoms with Crippen molar-refractivity contribution in [3.63, 3.8) is 0 Å². The second kappa shape index (κ2) is 17.3. The lowest BCUT2D eigenvalue weighted by molar-refractivity contribution is -0.157. The van der Waals surface area contributed by atoms with E-state index in [1.54, 1.807) is 7.11 Å². The smallest absolute Gasteiger partial charge is 0.302 e. The van der Waals surface area contributed by atoms with E-state index < -0.39 is 24.4 Å². The largest absolute Gasteiger partial charge is 0.462 e. The highest BCUT2D eigenvalue weighted by Gasteiger charge is 2.42. The summed E-state index contributed by atoms with van der Waals surface area (Å²) < 4.78 is 17.5. The molecule has 0 spiro atoms. The molecule has 2 aliphatic carbocycles. The zero-order chi connectivity index (χ0) is 30.8. The SMILES string of the molecule is COC1CC(CC[C@H](C[C@@H](OC(C)=O)[C@@H]2C[C@H](O)CCC[C@@H](CC(C)C)C2)OC(C)=O)C(C2CCNC(N)C2)CC1O. The standard InChI is InChI=1S/C33H60N2O7/c1-20(2)13-23-7-6-8-27(38)15-26(14-23)31(42-22(4)37)18-28(41-21(3)36)10-9-24-16-32(40-5)30(39)19-29(24)25-11-12-35-33(34)17-25/h20,23-33,35,38-39H,6-19,34H2,1-5H3/t23-,24?,25?,26-,27+,28+,29?,30?,31+,32?,33?/m0/s1. The summed E-state index contributed by atoms with van der Waals surface area (Å²) in [5, 5.41) is 24.9. The molecule has 3 aliphatic rings. The van der Waals surface area contributed by atoms with Crippen LogP contribution in [0.3, 0.4) is 0 Å². The molecule has 3 fully saturated rings. The second-order valence-electron chi connectivity index (χ2n) is 14.1. The zero-order valence-corrected chi connectivity index (χ0v) is 26.8. The molecule has 1 aliphatic heterocycles. The van der Waals surface area contributed by atoms with Crippen molar-refractivity contribution < 1.29 is 34.0 Å². The van der Waals surface area contributed by atoms with E-state index in [1.165, 1.54) is 13.8 Å². The van der Waals surface area contributed by atoms with Crippen molar-refractivity contribution in [2.45, 2.75) is 148 Å². The lowest BCUT2D eigenvalue weighted by atomic mass is 9.66. The molecule has 0 aromatic carbocycles. The number of hydrogen-bond donors (Lipinski definition) is 4. The summed E-state index contributed by atoms with van der Waals surface area (Å²) >= 11 is 0. The average Bonchev–Trinajstić information content (AvgIpc) is 2.89. The fourth-order valence-corrected chi connectivity index (χ4v) is 8.39. The molecule has 1 saturated heterocycles. The van der Waals surface area contributed by atoms with Crippen LogP contribution in [0.2, 0.25) is 0 Å². The van der Waals surface area contributed by atoms with Gasteiger partial charge in [-0.1, -0.05) is 26.7 Å². The van der Waals surface area contributed by atoms with Gasteiger partial charge in [0.25, 0.3) is 0 Å². The number of nitrogens with two attached hydrogens (primary N) is 1. The normalized spacial score (nSPS) is 36.0. The molecule has 0 amide bonds. The Morgan fingerprint density at radius 1 is 0.976 bits per heavy atom. The summed E-state index contributed by atoms with van der Waals surface area (Å²) in [4.78, 5) is 24.6. The van der Waals surface area contributed by atoms with E-state index >= 15 is 0 Å². The second-order valence-corrected chi connectivity index (χ2v) is 14.1. The van der Waals surface area contributed by atoms with Gasteiger partial charge in [-0.2, -0.15) is 0 Å². The number of piperidine rings is 1. The van der Waals surface area contributed by atoms with Crippen LogP contribution in [0, 0.1) is 35.5 Å². The van der Waals surface area contributed by atoms with Crippen molar-refractivity contribution in [1.82, 2.24) is 5.32 Å². The van der Waals surface area contributed by atoms with Gasteiger partial charge in [0.2, 0.25) is 0 Å². The summed E-state index contributed by atoms with van der Waals surface area (Å²) in [5.74, 6) is 1.47. The van der Waals surface area contributed by atoms with Crippen LogP contribution in [0.5, 0.6) is 0 Å². The van der Waals surface area contributed by atoms with E-state index in [0.717, 1.165) is 64.3 Å². The number of carbonyl (C=O) groups excluding carboxylic acids is 2. The Bertz CT molecular complexity index is 826. The Morgan fingerprint density at radius 3 is 2.36 bits per heavy atom. The molecule has 1 heterocycles. The van der Waals surface area contributed by atoms with Gasteiger partial charge in [-0.05, 0) is 106 Å². The van der Waals surface area contributed by atoms with Gasteiger partial charge in [-0.25, -0.2) is 0 Å². The molecule has 11 atom stereocenters. The highest BCUT2D eigenvalue weighted by Crippen LogP contribution is 2.43. The predicted octanol–water partition coefficient (Wildman–Crippen LogP) is 4.31. The van der Waals surface area contributed by atoms with Crippen LogP contribution in [-0.4, -0.2) is 72.5 Å². The molecule has 244 valence electrons. The van der Waals surface area contributed by atoms with Crippen molar-refractivity contribution in [2.75, 3.05) is 13.7 Å². The maximum absolute atomic E-state index is 12.3. The topological polar surface area (TPSA) is 140 Å². The van der Waals surface area contributed by atoms with Crippen LogP contribution >= 0.6 is 0 Å². The van der Waals surface area contributed by atoms with Crippen molar-refractivity contribution in [3.05, 3.63) is 0 Å². The first-order chi connectivity index (χ1) is 19.9. The fourth-order valence-electron chi connectivity index (χ4n) is 8.39. The molecule has 0 aromatic rings. The number of aliphatic hydroxyl groups excluding tert-OH is 2. The van der Waals surface area contributed by atoms with Crippen LogP contribution in [0.15, 0.2) is 0 Å². The third-order valence-electron chi connectivity index (χ3n) is 10.2. The third kappa shape index (κ3) is 11.3. The molecule has 42 heavy (non-hydrogen) atoms. The molecule has 0 aromatic heterocycles. The van der Waals surface area contributed by atoms with E-state index in [2.05, 4.69) is 19.2 Å². The number of carbonyl (C=O) groups is 2. The van der Waals surface area contributed by atoms with E-state index in [0.29, 0.717) is 55.3 Å². The summed E-state index contributed by atoms with van der Waals surface area (Å²) in [6.07, 6.45) is 8.73. The Morgan fingerprint density at radius 2 is 1.71 bits per heavy atom. The van der Waals surface area contributed by atoms with Gasteiger partial charge in [0, 0.05) is 27.4 Å². The Balaban J connectivity index is 1.77. The molecule has 6 unspecified atom stereocenters. The maximum Gasteiger partial charge on any atom is 0.302 e. The Kier molecular flexibility index (Phi) is 14.5. The predicted molar refractivity (Wildman–Crippen MR) is 162 cm³/mol. The lowest BCUT2D eigenvalue weighted by Crippen LogP contribution is -2.49. The van der Waals surface area contributed by atoms with Crippen LogP contribution in [0.1, 0.15) is 111 Å². The first-order valence-electron chi connectivity index (χ1n) is 16.7. The van der Waals surface area contributed by atoms with E-state index in [1.807, 2.05) is 0 Å². The van der Waals surface area contributed by atoms with Gasteiger partial charge in [0.15, 0.2) is 0 Å². The van der Waals surface area contributed by atoms with Crippen molar-refractivity contribution in [2.24, 2.45) is 41.2 Å². The Hall–Kier alpha value is -1.26. The third-order valence-corrected chi connectivity index (χ3v) is 10.2. The molecular formula is C33H60N2O7. The first kappa shape index (κ1) is 35.2. The number of esters is 2. The summed E-state index contributed by atoms with van der Waals surface area (Å²) in [6.45, 7) is 8.23. The number of aliphatic hydroxyl groups is 2. The van der Waals surface area contributed by atoms with Gasteiger partial charge in [-0.15, -0.1) is 0 Å². The molecule has 9 heteroatoms. The minimum Gasteiger partial charge on any atom is -0.462 e. The average molecular weight is 597 g/mol. The van der Waals surface area contributed by atoms with E-state index in [-0.39, 0.29) is 30.1 Å². The van der Waals surface area contributed by atoms with Crippen LogP contribution < -0.4 is 11.1 Å². The summed E-state index contributed by atoms with van der Waals surface area (Å²) in [5.41, 5.74) is 6.26. The highest BCUT2D eigenvalue weighted by molar-refractivity contribution is 5.66. The molecular weight excluding hydrogens is 536 g/mol. The van der Waals surface area contributed by atoms with Gasteiger partial charge >= 0.3 is 11.9 Å². The number of hydrogen-bond acceptors (Lipinski definition) is 9. The number of nitrogens with one attached hydrogen (secondary N) is 1. The zero-order valence-electron chi connectivity index (χ0n) is 26.8. The van der Waals surface area contributed by atoms with Crippen molar-refractivity contribution in [1.29, 1.82) is 0 Å². The summed E-state index contributed by atoms with van der Waals surface area (Å²) in [6, 6.07) is 0. The number of rotatable bonds is 12. The van der Waals surface area contributed by atoms with Crippen molar-refractivity contribution >= 4 is 11.9 Å². The molecule has 3 rings (SSSR count). The van der Waals surface area contributed by atoms with E-state index in [9.17, 15) is 19.8 Å². The number of methoxy groups -OCH3 is 1. The van der Waals surface area contributed by atoms with E-state index in [4.69, 9.17) is 19.9 Å².